The molecule has 1 aliphatic rings. The fraction of sp³-hybridized carbons (Fsp3) is 0.733. The Morgan fingerprint density at radius 3 is 2.35 bits per heavy atom. The molecule has 5 nitrogen and oxygen atoms in total. The van der Waals surface area contributed by atoms with Gasteiger partial charge >= 0.3 is 0 Å². The molecule has 2 heterocycles. The van der Waals surface area contributed by atoms with Gasteiger partial charge in [0.05, 0.1) is 0 Å². The fourth-order valence-corrected chi connectivity index (χ4v) is 2.49. The average molecular weight is 277 g/mol. The number of hydrogen-bond acceptors (Lipinski definition) is 5. The molecule has 20 heavy (non-hydrogen) atoms. The highest BCUT2D eigenvalue weighted by molar-refractivity contribution is 5.30. The largest absolute Gasteiger partial charge is 0.338 e. The normalized spacial score (nSPS) is 18.2. The van der Waals surface area contributed by atoms with E-state index < -0.39 is 0 Å². The van der Waals surface area contributed by atoms with E-state index in [1.54, 1.807) is 0 Å². The van der Waals surface area contributed by atoms with Gasteiger partial charge in [0.15, 0.2) is 0 Å². The molecule has 0 aromatic carbocycles. The van der Waals surface area contributed by atoms with Crippen molar-refractivity contribution in [2.45, 2.75) is 39.8 Å². The molecule has 0 aliphatic carbocycles. The second kappa shape index (κ2) is 7.55. The molecule has 1 unspecified atom stereocenters. The summed E-state index contributed by atoms with van der Waals surface area (Å²) >= 11 is 0. The first-order chi connectivity index (χ1) is 9.74. The van der Waals surface area contributed by atoms with Gasteiger partial charge in [-0.25, -0.2) is 9.97 Å². The van der Waals surface area contributed by atoms with Gasteiger partial charge in [0, 0.05) is 56.7 Å². The number of rotatable bonds is 6. The van der Waals surface area contributed by atoms with Gasteiger partial charge in [-0.05, 0) is 19.9 Å². The summed E-state index contributed by atoms with van der Waals surface area (Å²) in [5, 5.41) is 3.29. The summed E-state index contributed by atoms with van der Waals surface area (Å²) in [5.41, 5.74) is 1.15. The van der Waals surface area contributed by atoms with Gasteiger partial charge in [-0.3, -0.25) is 4.90 Å². The molecule has 0 bridgehead atoms. The second-order valence-electron chi connectivity index (χ2n) is 5.45. The van der Waals surface area contributed by atoms with E-state index in [1.165, 1.54) is 6.42 Å². The molecule has 0 saturated carbocycles. The molecule has 1 aromatic heterocycles. The van der Waals surface area contributed by atoms with Crippen LogP contribution in [0.3, 0.4) is 0 Å². The van der Waals surface area contributed by atoms with Crippen LogP contribution in [0.4, 0.5) is 5.95 Å². The van der Waals surface area contributed by atoms with Crippen LogP contribution in [0.25, 0.3) is 0 Å². The lowest BCUT2D eigenvalue weighted by Crippen LogP contribution is -2.49. The minimum Gasteiger partial charge on any atom is -0.338 e. The summed E-state index contributed by atoms with van der Waals surface area (Å²) in [6.07, 6.45) is 5.09. The van der Waals surface area contributed by atoms with Gasteiger partial charge in [0.25, 0.3) is 0 Å². The van der Waals surface area contributed by atoms with E-state index in [1.807, 2.05) is 12.4 Å². The number of anilines is 1. The van der Waals surface area contributed by atoms with Crippen LogP contribution in [0.5, 0.6) is 0 Å². The zero-order chi connectivity index (χ0) is 14.4. The summed E-state index contributed by atoms with van der Waals surface area (Å²) in [6, 6.07) is 0.681. The molecule has 2 rings (SSSR count). The molecule has 0 radical (unpaired) electrons. The maximum Gasteiger partial charge on any atom is 0.225 e. The zero-order valence-corrected chi connectivity index (χ0v) is 13.0. The van der Waals surface area contributed by atoms with Crippen molar-refractivity contribution in [3.05, 3.63) is 18.0 Å². The molecular weight excluding hydrogens is 250 g/mol. The summed E-state index contributed by atoms with van der Waals surface area (Å²) in [5.74, 6) is 0.869. The Labute approximate surface area is 122 Å². The third-order valence-electron chi connectivity index (χ3n) is 4.08. The van der Waals surface area contributed by atoms with E-state index in [9.17, 15) is 0 Å². The zero-order valence-electron chi connectivity index (χ0n) is 13.0. The molecule has 0 spiro atoms. The van der Waals surface area contributed by atoms with Crippen molar-refractivity contribution in [1.82, 2.24) is 20.2 Å². The van der Waals surface area contributed by atoms with Gasteiger partial charge in [0.1, 0.15) is 0 Å². The molecule has 1 saturated heterocycles. The molecule has 112 valence electrons. The monoisotopic (exact) mass is 277 g/mol. The topological polar surface area (TPSA) is 44.3 Å². The number of nitrogens with zero attached hydrogens (tertiary/aromatic N) is 4. The molecule has 1 N–H and O–H groups in total. The third kappa shape index (κ3) is 3.90. The first-order valence-electron chi connectivity index (χ1n) is 7.75. The SMILES string of the molecule is CCNCc1cnc(N2CCN(C(C)CC)CC2)nc1. The van der Waals surface area contributed by atoms with Gasteiger partial charge in [-0.1, -0.05) is 13.8 Å². The Morgan fingerprint density at radius 2 is 1.80 bits per heavy atom. The summed E-state index contributed by atoms with van der Waals surface area (Å²) < 4.78 is 0. The Bertz CT molecular complexity index is 384. The van der Waals surface area contributed by atoms with Crippen LogP contribution in [0.15, 0.2) is 12.4 Å². The Balaban J connectivity index is 1.87. The molecular formula is C15H27N5. The van der Waals surface area contributed by atoms with Crippen LogP contribution in [0.2, 0.25) is 0 Å². The van der Waals surface area contributed by atoms with Crippen molar-refractivity contribution >= 4 is 5.95 Å². The fourth-order valence-electron chi connectivity index (χ4n) is 2.49. The maximum absolute atomic E-state index is 4.50. The maximum atomic E-state index is 4.50. The predicted molar refractivity (Wildman–Crippen MR) is 83.0 cm³/mol. The van der Waals surface area contributed by atoms with Crippen molar-refractivity contribution < 1.29 is 0 Å². The van der Waals surface area contributed by atoms with E-state index in [0.717, 1.165) is 50.8 Å². The van der Waals surface area contributed by atoms with Crippen molar-refractivity contribution in [2.75, 3.05) is 37.6 Å². The lowest BCUT2D eigenvalue weighted by molar-refractivity contribution is 0.192. The van der Waals surface area contributed by atoms with E-state index in [4.69, 9.17) is 0 Å². The minimum absolute atomic E-state index is 0.681. The molecule has 1 aromatic rings. The van der Waals surface area contributed by atoms with Crippen LogP contribution >= 0.6 is 0 Å². The molecule has 5 heteroatoms. The van der Waals surface area contributed by atoms with Crippen molar-refractivity contribution in [3.8, 4) is 0 Å². The van der Waals surface area contributed by atoms with Crippen LogP contribution in [-0.2, 0) is 6.54 Å². The number of hydrogen-bond donors (Lipinski definition) is 1. The first-order valence-corrected chi connectivity index (χ1v) is 7.75. The van der Waals surface area contributed by atoms with Crippen molar-refractivity contribution in [3.63, 3.8) is 0 Å². The third-order valence-corrected chi connectivity index (χ3v) is 4.08. The highest BCUT2D eigenvalue weighted by Crippen LogP contribution is 2.13. The van der Waals surface area contributed by atoms with Crippen LogP contribution in [-0.4, -0.2) is 53.6 Å². The van der Waals surface area contributed by atoms with Crippen molar-refractivity contribution in [1.29, 1.82) is 0 Å². The van der Waals surface area contributed by atoms with E-state index in [2.05, 4.69) is 45.9 Å². The Morgan fingerprint density at radius 1 is 1.15 bits per heavy atom. The molecule has 1 aliphatic heterocycles. The summed E-state index contributed by atoms with van der Waals surface area (Å²) in [6.45, 7) is 12.7. The summed E-state index contributed by atoms with van der Waals surface area (Å²) in [7, 11) is 0. The van der Waals surface area contributed by atoms with Crippen LogP contribution in [0.1, 0.15) is 32.8 Å². The lowest BCUT2D eigenvalue weighted by Gasteiger charge is -2.37. The van der Waals surface area contributed by atoms with Crippen LogP contribution in [0, 0.1) is 0 Å². The second-order valence-corrected chi connectivity index (χ2v) is 5.45. The summed E-state index contributed by atoms with van der Waals surface area (Å²) in [4.78, 5) is 13.8. The van der Waals surface area contributed by atoms with E-state index in [-0.39, 0.29) is 0 Å². The Hall–Kier alpha value is -1.20. The van der Waals surface area contributed by atoms with Gasteiger partial charge < -0.3 is 10.2 Å². The van der Waals surface area contributed by atoms with Gasteiger partial charge in [-0.15, -0.1) is 0 Å². The lowest BCUT2D eigenvalue weighted by atomic mass is 10.2. The van der Waals surface area contributed by atoms with Gasteiger partial charge in [-0.2, -0.15) is 0 Å². The predicted octanol–water partition coefficient (Wildman–Crippen LogP) is 1.51. The smallest absolute Gasteiger partial charge is 0.225 e. The minimum atomic E-state index is 0.681. The molecule has 0 amide bonds. The standard InChI is InChI=1S/C15H27N5/c1-4-13(3)19-6-8-20(9-7-19)15-17-11-14(12-18-15)10-16-5-2/h11-13,16H,4-10H2,1-3H3. The number of aromatic nitrogens is 2. The first kappa shape index (κ1) is 15.2. The average Bonchev–Trinajstić information content (AvgIpc) is 2.53. The highest BCUT2D eigenvalue weighted by atomic mass is 15.3. The number of piperazine rings is 1. The van der Waals surface area contributed by atoms with E-state index >= 15 is 0 Å². The van der Waals surface area contributed by atoms with E-state index in [0.29, 0.717) is 6.04 Å². The van der Waals surface area contributed by atoms with Gasteiger partial charge in [0.2, 0.25) is 5.95 Å². The number of nitrogens with one attached hydrogen (secondary N) is 1. The van der Waals surface area contributed by atoms with Crippen molar-refractivity contribution in [2.24, 2.45) is 0 Å². The molecule has 1 fully saturated rings. The molecule has 1 atom stereocenters. The van der Waals surface area contributed by atoms with Crippen LogP contribution < -0.4 is 10.2 Å². The Kier molecular flexibility index (Phi) is 5.73. The quantitative estimate of drug-likeness (QED) is 0.854. The highest BCUT2D eigenvalue weighted by Gasteiger charge is 2.21.